The second-order valence-corrected chi connectivity index (χ2v) is 3.89. The first-order valence-corrected chi connectivity index (χ1v) is 5.51. The number of aromatic carboxylic acids is 1. The number of rotatable bonds is 3. The SMILES string of the molecule is CCc1oc(C)nc1-c1cc(F)cc(C(=O)O)c1. The van der Waals surface area contributed by atoms with E-state index in [1.807, 2.05) is 6.92 Å². The second-order valence-electron chi connectivity index (χ2n) is 3.89. The van der Waals surface area contributed by atoms with Crippen LogP contribution in [0.4, 0.5) is 4.39 Å². The molecule has 2 rings (SSSR count). The lowest BCUT2D eigenvalue weighted by molar-refractivity contribution is 0.0696. The van der Waals surface area contributed by atoms with E-state index in [1.54, 1.807) is 6.92 Å². The third-order valence-electron chi connectivity index (χ3n) is 2.54. The number of oxazole rings is 1. The molecule has 0 atom stereocenters. The predicted octanol–water partition coefficient (Wildman–Crippen LogP) is 3.05. The van der Waals surface area contributed by atoms with Crippen molar-refractivity contribution in [1.82, 2.24) is 4.98 Å². The van der Waals surface area contributed by atoms with Crippen molar-refractivity contribution in [3.05, 3.63) is 41.2 Å². The van der Waals surface area contributed by atoms with Crippen LogP contribution in [0.15, 0.2) is 22.6 Å². The minimum absolute atomic E-state index is 0.104. The monoisotopic (exact) mass is 249 g/mol. The highest BCUT2D eigenvalue weighted by atomic mass is 19.1. The van der Waals surface area contributed by atoms with Crippen molar-refractivity contribution >= 4 is 5.97 Å². The van der Waals surface area contributed by atoms with Gasteiger partial charge in [0.15, 0.2) is 5.89 Å². The Balaban J connectivity index is 2.59. The number of halogens is 1. The second kappa shape index (κ2) is 4.60. The fourth-order valence-electron chi connectivity index (χ4n) is 1.78. The number of carboxylic acid groups (broad SMARTS) is 1. The van der Waals surface area contributed by atoms with Gasteiger partial charge in [0.1, 0.15) is 17.3 Å². The molecule has 0 saturated carbocycles. The molecule has 4 nitrogen and oxygen atoms in total. The van der Waals surface area contributed by atoms with Gasteiger partial charge in [-0.1, -0.05) is 6.92 Å². The summed E-state index contributed by atoms with van der Waals surface area (Å²) in [5.74, 6) is -0.681. The normalized spacial score (nSPS) is 10.6. The average molecular weight is 249 g/mol. The Morgan fingerprint density at radius 3 is 2.78 bits per heavy atom. The molecule has 0 radical (unpaired) electrons. The maximum absolute atomic E-state index is 13.4. The highest BCUT2D eigenvalue weighted by Crippen LogP contribution is 2.26. The number of hydrogen-bond donors (Lipinski definition) is 1. The molecule has 0 aliphatic rings. The summed E-state index contributed by atoms with van der Waals surface area (Å²) >= 11 is 0. The number of carbonyl (C=O) groups is 1. The standard InChI is InChI=1S/C13H12FNO3/c1-3-11-12(15-7(2)18-11)8-4-9(13(16)17)6-10(14)5-8/h4-6H,3H2,1-2H3,(H,16,17). The van der Waals surface area contributed by atoms with Crippen molar-refractivity contribution in [3.63, 3.8) is 0 Å². The number of benzene rings is 1. The quantitative estimate of drug-likeness (QED) is 0.908. The fraction of sp³-hybridized carbons (Fsp3) is 0.231. The molecule has 1 aromatic carbocycles. The summed E-state index contributed by atoms with van der Waals surface area (Å²) in [6, 6.07) is 3.62. The van der Waals surface area contributed by atoms with Crippen molar-refractivity contribution in [3.8, 4) is 11.3 Å². The van der Waals surface area contributed by atoms with Crippen molar-refractivity contribution in [2.75, 3.05) is 0 Å². The van der Waals surface area contributed by atoms with Gasteiger partial charge in [0.2, 0.25) is 0 Å². The largest absolute Gasteiger partial charge is 0.478 e. The molecule has 1 heterocycles. The zero-order chi connectivity index (χ0) is 13.3. The number of hydrogen-bond acceptors (Lipinski definition) is 3. The van der Waals surface area contributed by atoms with Gasteiger partial charge in [-0.3, -0.25) is 0 Å². The van der Waals surface area contributed by atoms with E-state index in [4.69, 9.17) is 9.52 Å². The van der Waals surface area contributed by atoms with E-state index < -0.39 is 11.8 Å². The average Bonchev–Trinajstić information content (AvgIpc) is 2.69. The summed E-state index contributed by atoms with van der Waals surface area (Å²) < 4.78 is 18.8. The van der Waals surface area contributed by atoms with E-state index in [1.165, 1.54) is 12.1 Å². The van der Waals surface area contributed by atoms with E-state index in [0.717, 1.165) is 6.07 Å². The highest BCUT2D eigenvalue weighted by molar-refractivity contribution is 5.89. The van der Waals surface area contributed by atoms with E-state index in [2.05, 4.69) is 4.98 Å². The lowest BCUT2D eigenvalue weighted by atomic mass is 10.1. The molecule has 18 heavy (non-hydrogen) atoms. The van der Waals surface area contributed by atoms with Crippen LogP contribution in [0.2, 0.25) is 0 Å². The molecule has 0 aliphatic heterocycles. The number of aryl methyl sites for hydroxylation is 2. The maximum atomic E-state index is 13.4. The Kier molecular flexibility index (Phi) is 3.14. The molecule has 0 aliphatic carbocycles. The van der Waals surface area contributed by atoms with Crippen molar-refractivity contribution in [1.29, 1.82) is 0 Å². The van der Waals surface area contributed by atoms with Gasteiger partial charge in [-0.05, 0) is 18.2 Å². The van der Waals surface area contributed by atoms with Crippen LogP contribution in [-0.4, -0.2) is 16.1 Å². The van der Waals surface area contributed by atoms with E-state index in [9.17, 15) is 9.18 Å². The van der Waals surface area contributed by atoms with Gasteiger partial charge < -0.3 is 9.52 Å². The summed E-state index contributed by atoms with van der Waals surface area (Å²) in [7, 11) is 0. The Bertz CT molecular complexity index is 604. The summed E-state index contributed by atoms with van der Waals surface area (Å²) in [5.41, 5.74) is 0.811. The minimum Gasteiger partial charge on any atom is -0.478 e. The van der Waals surface area contributed by atoms with Crippen LogP contribution in [0.25, 0.3) is 11.3 Å². The number of carboxylic acids is 1. The molecule has 5 heteroatoms. The minimum atomic E-state index is -1.17. The molecule has 0 bridgehead atoms. The fourth-order valence-corrected chi connectivity index (χ4v) is 1.78. The first kappa shape index (κ1) is 12.3. The number of nitrogens with zero attached hydrogens (tertiary/aromatic N) is 1. The van der Waals surface area contributed by atoms with Crippen LogP contribution in [0.3, 0.4) is 0 Å². The maximum Gasteiger partial charge on any atom is 0.335 e. The molecule has 0 amide bonds. The summed E-state index contributed by atoms with van der Waals surface area (Å²) in [6.07, 6.45) is 0.606. The third kappa shape index (κ3) is 2.25. The Labute approximate surface area is 103 Å². The summed E-state index contributed by atoms with van der Waals surface area (Å²) in [6.45, 7) is 3.58. The summed E-state index contributed by atoms with van der Waals surface area (Å²) in [4.78, 5) is 15.1. The Morgan fingerprint density at radius 1 is 1.44 bits per heavy atom. The zero-order valence-corrected chi connectivity index (χ0v) is 10.0. The first-order valence-electron chi connectivity index (χ1n) is 5.51. The van der Waals surface area contributed by atoms with Gasteiger partial charge in [0, 0.05) is 18.9 Å². The van der Waals surface area contributed by atoms with E-state index >= 15 is 0 Å². The lowest BCUT2D eigenvalue weighted by Gasteiger charge is -2.02. The first-order chi connectivity index (χ1) is 8.51. The van der Waals surface area contributed by atoms with E-state index in [0.29, 0.717) is 29.3 Å². The van der Waals surface area contributed by atoms with Crippen LogP contribution >= 0.6 is 0 Å². The Morgan fingerprint density at radius 2 is 2.17 bits per heavy atom. The van der Waals surface area contributed by atoms with Gasteiger partial charge in [0.05, 0.1) is 5.56 Å². The summed E-state index contributed by atoms with van der Waals surface area (Å²) in [5, 5.41) is 8.90. The molecule has 0 spiro atoms. The van der Waals surface area contributed by atoms with Crippen LogP contribution < -0.4 is 0 Å². The molecular formula is C13H12FNO3. The highest BCUT2D eigenvalue weighted by Gasteiger charge is 2.15. The lowest BCUT2D eigenvalue weighted by Crippen LogP contribution is -1.98. The van der Waals surface area contributed by atoms with Crippen molar-refractivity contribution < 1.29 is 18.7 Å². The van der Waals surface area contributed by atoms with Crippen LogP contribution in [0.5, 0.6) is 0 Å². The zero-order valence-electron chi connectivity index (χ0n) is 10.0. The third-order valence-corrected chi connectivity index (χ3v) is 2.54. The molecule has 0 saturated heterocycles. The predicted molar refractivity (Wildman–Crippen MR) is 63.0 cm³/mol. The molecule has 0 unspecified atom stereocenters. The molecule has 2 aromatic rings. The molecule has 1 aromatic heterocycles. The van der Waals surface area contributed by atoms with Crippen LogP contribution in [0, 0.1) is 12.7 Å². The molecule has 94 valence electrons. The van der Waals surface area contributed by atoms with Crippen molar-refractivity contribution in [2.45, 2.75) is 20.3 Å². The van der Waals surface area contributed by atoms with Gasteiger partial charge in [-0.25, -0.2) is 14.2 Å². The molecule has 1 N–H and O–H groups in total. The van der Waals surface area contributed by atoms with E-state index in [-0.39, 0.29) is 5.56 Å². The Hall–Kier alpha value is -2.17. The molecule has 0 fully saturated rings. The van der Waals surface area contributed by atoms with Crippen molar-refractivity contribution in [2.24, 2.45) is 0 Å². The van der Waals surface area contributed by atoms with Gasteiger partial charge in [-0.2, -0.15) is 0 Å². The topological polar surface area (TPSA) is 63.3 Å². The van der Waals surface area contributed by atoms with Gasteiger partial charge >= 0.3 is 5.97 Å². The number of aromatic nitrogens is 1. The van der Waals surface area contributed by atoms with Gasteiger partial charge in [-0.15, -0.1) is 0 Å². The molecular weight excluding hydrogens is 237 g/mol. The van der Waals surface area contributed by atoms with Gasteiger partial charge in [0.25, 0.3) is 0 Å². The smallest absolute Gasteiger partial charge is 0.335 e. The van der Waals surface area contributed by atoms with Crippen LogP contribution in [-0.2, 0) is 6.42 Å². The van der Waals surface area contributed by atoms with Crippen LogP contribution in [0.1, 0.15) is 28.9 Å².